The summed E-state index contributed by atoms with van der Waals surface area (Å²) in [5.41, 5.74) is 3.18. The number of aliphatic hydroxyl groups is 1. The predicted octanol–water partition coefficient (Wildman–Crippen LogP) is 0.878. The molecule has 7 heteroatoms. The summed E-state index contributed by atoms with van der Waals surface area (Å²) in [6, 6.07) is 10.3. The number of esters is 1. The fraction of sp³-hybridized carbons (Fsp3) is 0.350. The Bertz CT molecular complexity index is 735. The van der Waals surface area contributed by atoms with Gasteiger partial charge in [0.1, 0.15) is 12.4 Å². The maximum atomic E-state index is 14.1. The third-order valence-corrected chi connectivity index (χ3v) is 3.72. The molecule has 140 valence electrons. The van der Waals surface area contributed by atoms with Crippen LogP contribution in [0.25, 0.3) is 5.32 Å². The minimum absolute atomic E-state index is 0. The van der Waals surface area contributed by atoms with Gasteiger partial charge in [-0.1, -0.05) is 52.7 Å². The molecule has 2 aromatic rings. The number of hydrogen-bond donors (Lipinski definition) is 1. The number of hydrogen-bond acceptors (Lipinski definition) is 4. The van der Waals surface area contributed by atoms with Crippen LogP contribution in [0.15, 0.2) is 36.4 Å². The third-order valence-electron chi connectivity index (χ3n) is 3.72. The predicted molar refractivity (Wildman–Crippen MR) is 97.6 cm³/mol. The van der Waals surface area contributed by atoms with Crippen LogP contribution in [0, 0.1) is 19.7 Å². The quantitative estimate of drug-likeness (QED) is 0.386. The molecule has 0 amide bonds. The van der Waals surface area contributed by atoms with Gasteiger partial charge in [0, 0.05) is 0 Å². The summed E-state index contributed by atoms with van der Waals surface area (Å²) in [6.07, 6.45) is 0.0357. The summed E-state index contributed by atoms with van der Waals surface area (Å²) >= 11 is 0. The van der Waals surface area contributed by atoms with Crippen LogP contribution in [-0.4, -0.2) is 37.5 Å². The number of ether oxygens (including phenoxy) is 2. The molecule has 0 saturated heterocycles. The summed E-state index contributed by atoms with van der Waals surface area (Å²) in [5.74, 6) is -0.815. The molecule has 0 bridgehead atoms. The van der Waals surface area contributed by atoms with Crippen molar-refractivity contribution in [3.05, 3.63) is 64.2 Å². The van der Waals surface area contributed by atoms with E-state index < -0.39 is 11.8 Å². The minimum atomic E-state index is -0.412. The summed E-state index contributed by atoms with van der Waals surface area (Å²) in [7, 11) is 0. The molecule has 0 heterocycles. The van der Waals surface area contributed by atoms with E-state index in [9.17, 15) is 9.18 Å². The normalized spacial score (nSPS) is 10.2. The van der Waals surface area contributed by atoms with Crippen LogP contribution >= 0.6 is 0 Å². The SMILES string of the molecule is Cc1ccc([N-]c2c(C)cccc2F)c(CC(=O)OCCOCCO)c1.[K+]. The van der Waals surface area contributed by atoms with Crippen LogP contribution in [0.5, 0.6) is 0 Å². The van der Waals surface area contributed by atoms with Crippen molar-refractivity contribution in [2.45, 2.75) is 20.3 Å². The molecule has 0 radical (unpaired) electrons. The monoisotopic (exact) mass is 399 g/mol. The molecule has 0 atom stereocenters. The Labute approximate surface area is 201 Å². The van der Waals surface area contributed by atoms with E-state index in [4.69, 9.17) is 14.6 Å². The number of carbonyl (C=O) groups is 1. The molecule has 0 aromatic heterocycles. The molecule has 5 nitrogen and oxygen atoms in total. The molecule has 0 unspecified atom stereocenters. The third kappa shape index (κ3) is 7.99. The van der Waals surface area contributed by atoms with Gasteiger partial charge in [-0.25, -0.2) is 4.39 Å². The number of rotatable bonds is 9. The van der Waals surface area contributed by atoms with E-state index in [0.29, 0.717) is 11.3 Å². The number of nitrogens with zero attached hydrogens (tertiary/aromatic N) is 1. The number of para-hydroxylation sites is 1. The van der Waals surface area contributed by atoms with E-state index in [-0.39, 0.29) is 89.9 Å². The number of carbonyl (C=O) groups excluding carboxylic acids is 1. The zero-order chi connectivity index (χ0) is 18.9. The van der Waals surface area contributed by atoms with Gasteiger partial charge in [0.05, 0.1) is 26.2 Å². The van der Waals surface area contributed by atoms with Crippen molar-refractivity contribution in [1.82, 2.24) is 0 Å². The van der Waals surface area contributed by atoms with Crippen LogP contribution in [0.2, 0.25) is 0 Å². The van der Waals surface area contributed by atoms with E-state index in [0.717, 1.165) is 11.1 Å². The molecule has 1 N–H and O–H groups in total. The average Bonchev–Trinajstić information content (AvgIpc) is 2.60. The Morgan fingerprint density at radius 1 is 1.15 bits per heavy atom. The molecular formula is C20H23FKNO4. The van der Waals surface area contributed by atoms with Gasteiger partial charge in [-0.3, -0.25) is 4.79 Å². The maximum absolute atomic E-state index is 14.1. The van der Waals surface area contributed by atoms with Gasteiger partial charge in [0.15, 0.2) is 0 Å². The fourth-order valence-electron chi connectivity index (χ4n) is 2.44. The fourth-order valence-corrected chi connectivity index (χ4v) is 2.44. The van der Waals surface area contributed by atoms with Crippen molar-refractivity contribution in [2.24, 2.45) is 0 Å². The topological polar surface area (TPSA) is 69.9 Å². The van der Waals surface area contributed by atoms with Crippen LogP contribution in [0.1, 0.15) is 16.7 Å². The van der Waals surface area contributed by atoms with Gasteiger partial charge >= 0.3 is 57.4 Å². The molecule has 0 aliphatic heterocycles. The van der Waals surface area contributed by atoms with Crippen molar-refractivity contribution in [3.8, 4) is 0 Å². The molecule has 2 aromatic carbocycles. The number of benzene rings is 2. The van der Waals surface area contributed by atoms with E-state index in [2.05, 4.69) is 5.32 Å². The van der Waals surface area contributed by atoms with Crippen molar-refractivity contribution >= 4 is 17.3 Å². The molecule has 27 heavy (non-hydrogen) atoms. The van der Waals surface area contributed by atoms with Crippen LogP contribution < -0.4 is 51.4 Å². The molecule has 0 aliphatic rings. The minimum Gasteiger partial charge on any atom is -0.655 e. The molecule has 2 rings (SSSR count). The first-order valence-corrected chi connectivity index (χ1v) is 8.42. The van der Waals surface area contributed by atoms with Crippen molar-refractivity contribution < 1.29 is 75.1 Å². The van der Waals surface area contributed by atoms with Crippen molar-refractivity contribution in [3.63, 3.8) is 0 Å². The Hall–Kier alpha value is -0.804. The number of aryl methyl sites for hydroxylation is 2. The first-order valence-electron chi connectivity index (χ1n) is 8.42. The summed E-state index contributed by atoms with van der Waals surface area (Å²) in [6.45, 7) is 4.18. The molecule has 0 saturated carbocycles. The second kappa shape index (κ2) is 12.6. The van der Waals surface area contributed by atoms with Gasteiger partial charge in [0.2, 0.25) is 0 Å². The Kier molecular flexibility index (Phi) is 11.3. The van der Waals surface area contributed by atoms with Gasteiger partial charge in [-0.15, -0.1) is 5.69 Å². The smallest absolute Gasteiger partial charge is 0.655 e. The Morgan fingerprint density at radius 3 is 2.63 bits per heavy atom. The van der Waals surface area contributed by atoms with Gasteiger partial charge in [-0.05, 0) is 19.9 Å². The number of halogens is 1. The molecule has 0 fully saturated rings. The molecular weight excluding hydrogens is 376 g/mol. The van der Waals surface area contributed by atoms with Crippen LogP contribution in [0.3, 0.4) is 0 Å². The Balaban J connectivity index is 0.00000364. The summed E-state index contributed by atoms with van der Waals surface area (Å²) in [5, 5.41) is 13.0. The van der Waals surface area contributed by atoms with Crippen LogP contribution in [-0.2, 0) is 20.7 Å². The van der Waals surface area contributed by atoms with E-state index in [1.165, 1.54) is 6.07 Å². The van der Waals surface area contributed by atoms with E-state index >= 15 is 0 Å². The largest absolute Gasteiger partial charge is 1.00 e. The summed E-state index contributed by atoms with van der Waals surface area (Å²) in [4.78, 5) is 12.1. The zero-order valence-electron chi connectivity index (χ0n) is 16.0. The average molecular weight is 400 g/mol. The second-order valence-corrected chi connectivity index (χ2v) is 5.88. The molecule has 0 aliphatic carbocycles. The standard InChI is InChI=1S/C20H23FNO4.K/c1-14-6-7-18(22-20-15(2)4-3-5-17(20)21)16(12-14)13-19(24)26-11-10-25-9-8-23;/h3-7,12,23H,8-11,13H2,1-2H3;/q-1;+1. The number of aliphatic hydroxyl groups excluding tert-OH is 1. The maximum Gasteiger partial charge on any atom is 1.00 e. The van der Waals surface area contributed by atoms with Crippen molar-refractivity contribution in [2.75, 3.05) is 26.4 Å². The van der Waals surface area contributed by atoms with Gasteiger partial charge in [0.25, 0.3) is 0 Å². The second-order valence-electron chi connectivity index (χ2n) is 5.88. The van der Waals surface area contributed by atoms with E-state index in [1.54, 1.807) is 25.1 Å². The Morgan fingerprint density at radius 2 is 1.93 bits per heavy atom. The van der Waals surface area contributed by atoms with Crippen molar-refractivity contribution in [1.29, 1.82) is 0 Å². The summed E-state index contributed by atoms with van der Waals surface area (Å²) < 4.78 is 24.2. The van der Waals surface area contributed by atoms with E-state index in [1.807, 2.05) is 19.1 Å². The van der Waals surface area contributed by atoms with Gasteiger partial charge < -0.3 is 19.9 Å². The first-order chi connectivity index (χ1) is 12.5. The molecule has 0 spiro atoms. The van der Waals surface area contributed by atoms with Crippen LogP contribution in [0.4, 0.5) is 15.8 Å². The van der Waals surface area contributed by atoms with Gasteiger partial charge in [-0.2, -0.15) is 0 Å². The first kappa shape index (κ1) is 24.2. The zero-order valence-corrected chi connectivity index (χ0v) is 19.1.